The van der Waals surface area contributed by atoms with Crippen LogP contribution in [0.5, 0.6) is 0 Å². The highest BCUT2D eigenvalue weighted by atomic mass is 79.9. The van der Waals surface area contributed by atoms with E-state index in [4.69, 9.17) is 4.52 Å². The van der Waals surface area contributed by atoms with Gasteiger partial charge in [-0.3, -0.25) is 4.79 Å². The number of nitrogens with one attached hydrogen (secondary N) is 1. The van der Waals surface area contributed by atoms with Crippen LogP contribution in [0.3, 0.4) is 0 Å². The molecule has 3 aromatic rings. The second kappa shape index (κ2) is 6.85. The summed E-state index contributed by atoms with van der Waals surface area (Å²) in [5, 5.41) is 10.6. The molecule has 0 saturated heterocycles. The van der Waals surface area contributed by atoms with Crippen molar-refractivity contribution in [2.45, 2.75) is 12.8 Å². The number of anilines is 1. The highest BCUT2D eigenvalue weighted by molar-refractivity contribution is 9.10. The maximum atomic E-state index is 11.9. The largest absolute Gasteiger partial charge is 0.339 e. The average Bonchev–Trinajstić information content (AvgIpc) is 3.18. The Morgan fingerprint density at radius 1 is 1.27 bits per heavy atom. The molecule has 1 aromatic carbocycles. The molecule has 0 radical (unpaired) electrons. The highest BCUT2D eigenvalue weighted by Gasteiger charge is 2.11. The number of nitrogens with zero attached hydrogens (tertiary/aromatic N) is 2. The minimum atomic E-state index is -0.0856. The maximum Gasteiger partial charge on any atom is 0.227 e. The smallest absolute Gasteiger partial charge is 0.227 e. The number of thiophene rings is 1. The number of aromatic nitrogens is 2. The summed E-state index contributed by atoms with van der Waals surface area (Å²) in [5.74, 6) is 0.939. The Labute approximate surface area is 139 Å². The van der Waals surface area contributed by atoms with Crippen molar-refractivity contribution in [2.24, 2.45) is 0 Å². The molecule has 0 fully saturated rings. The summed E-state index contributed by atoms with van der Waals surface area (Å²) in [6.45, 7) is 0. The maximum absolute atomic E-state index is 11.9. The summed E-state index contributed by atoms with van der Waals surface area (Å²) >= 11 is 4.93. The van der Waals surface area contributed by atoms with Crippen molar-refractivity contribution in [1.82, 2.24) is 10.1 Å². The SMILES string of the molecule is O=C(CCc1nc(-c2ccsc2)no1)Nc1ccc(Br)cc1. The fourth-order valence-electron chi connectivity index (χ4n) is 1.84. The first-order chi connectivity index (χ1) is 10.7. The number of benzene rings is 1. The predicted molar refractivity (Wildman–Crippen MR) is 88.7 cm³/mol. The van der Waals surface area contributed by atoms with Gasteiger partial charge in [-0.2, -0.15) is 16.3 Å². The van der Waals surface area contributed by atoms with Gasteiger partial charge in [0.25, 0.3) is 0 Å². The summed E-state index contributed by atoms with van der Waals surface area (Å²) in [4.78, 5) is 16.2. The van der Waals surface area contributed by atoms with Crippen LogP contribution >= 0.6 is 27.3 Å². The van der Waals surface area contributed by atoms with Crippen molar-refractivity contribution in [3.63, 3.8) is 0 Å². The average molecular weight is 378 g/mol. The van der Waals surface area contributed by atoms with E-state index in [2.05, 4.69) is 31.4 Å². The number of hydrogen-bond acceptors (Lipinski definition) is 5. The molecule has 0 unspecified atom stereocenters. The lowest BCUT2D eigenvalue weighted by molar-refractivity contribution is -0.116. The molecule has 0 spiro atoms. The monoisotopic (exact) mass is 377 g/mol. The fraction of sp³-hybridized carbons (Fsp3) is 0.133. The van der Waals surface area contributed by atoms with Gasteiger partial charge in [-0.1, -0.05) is 21.1 Å². The van der Waals surface area contributed by atoms with Crippen molar-refractivity contribution < 1.29 is 9.32 Å². The number of amides is 1. The quantitative estimate of drug-likeness (QED) is 0.725. The van der Waals surface area contributed by atoms with Crippen LogP contribution in [-0.4, -0.2) is 16.0 Å². The van der Waals surface area contributed by atoms with E-state index in [0.717, 1.165) is 15.7 Å². The Morgan fingerprint density at radius 2 is 2.09 bits per heavy atom. The fourth-order valence-corrected chi connectivity index (χ4v) is 2.74. The summed E-state index contributed by atoms with van der Waals surface area (Å²) in [6, 6.07) is 9.35. The molecule has 22 heavy (non-hydrogen) atoms. The first kappa shape index (κ1) is 14.9. The molecule has 0 aliphatic rings. The number of carbonyl (C=O) groups excluding carboxylic acids is 1. The molecule has 0 atom stereocenters. The van der Waals surface area contributed by atoms with Gasteiger partial charge in [-0.05, 0) is 35.7 Å². The Hall–Kier alpha value is -1.99. The Balaban J connectivity index is 1.54. The Kier molecular flexibility index (Phi) is 4.65. The lowest BCUT2D eigenvalue weighted by Crippen LogP contribution is -2.12. The van der Waals surface area contributed by atoms with E-state index >= 15 is 0 Å². The number of halogens is 1. The van der Waals surface area contributed by atoms with Gasteiger partial charge in [0, 0.05) is 33.9 Å². The molecular formula is C15H12BrN3O2S. The van der Waals surface area contributed by atoms with Gasteiger partial charge in [0.05, 0.1) is 0 Å². The number of aryl methyl sites for hydroxylation is 1. The molecule has 1 amide bonds. The zero-order valence-corrected chi connectivity index (χ0v) is 13.9. The summed E-state index contributed by atoms with van der Waals surface area (Å²) in [7, 11) is 0. The summed E-state index contributed by atoms with van der Waals surface area (Å²) in [6.07, 6.45) is 0.709. The Morgan fingerprint density at radius 3 is 2.82 bits per heavy atom. The molecule has 0 aliphatic carbocycles. The molecule has 0 saturated carbocycles. The number of carbonyl (C=O) groups is 1. The van der Waals surface area contributed by atoms with Crippen LogP contribution in [0.25, 0.3) is 11.4 Å². The predicted octanol–water partition coefficient (Wildman–Crippen LogP) is 4.13. The number of hydrogen-bond donors (Lipinski definition) is 1. The molecule has 0 bridgehead atoms. The summed E-state index contributed by atoms with van der Waals surface area (Å²) < 4.78 is 6.13. The zero-order chi connectivity index (χ0) is 15.4. The van der Waals surface area contributed by atoms with Gasteiger partial charge >= 0.3 is 0 Å². The van der Waals surface area contributed by atoms with Gasteiger partial charge in [-0.25, -0.2) is 0 Å². The highest BCUT2D eigenvalue weighted by Crippen LogP contribution is 2.19. The Bertz CT molecular complexity index is 753. The van der Waals surface area contributed by atoms with Crippen molar-refractivity contribution in [2.75, 3.05) is 5.32 Å². The van der Waals surface area contributed by atoms with Gasteiger partial charge < -0.3 is 9.84 Å². The van der Waals surface area contributed by atoms with E-state index < -0.39 is 0 Å². The van der Waals surface area contributed by atoms with E-state index in [-0.39, 0.29) is 5.91 Å². The zero-order valence-electron chi connectivity index (χ0n) is 11.5. The standard InChI is InChI=1S/C15H12BrN3O2S/c16-11-1-3-12(4-2-11)17-13(20)5-6-14-18-15(19-21-14)10-7-8-22-9-10/h1-4,7-9H,5-6H2,(H,17,20). The molecule has 0 aliphatic heterocycles. The second-order valence-electron chi connectivity index (χ2n) is 4.58. The van der Waals surface area contributed by atoms with Crippen LogP contribution < -0.4 is 5.32 Å². The van der Waals surface area contributed by atoms with Crippen molar-refractivity contribution in [1.29, 1.82) is 0 Å². The van der Waals surface area contributed by atoms with Crippen LogP contribution in [0.15, 0.2) is 50.1 Å². The molecule has 5 nitrogen and oxygen atoms in total. The minimum Gasteiger partial charge on any atom is -0.339 e. The van der Waals surface area contributed by atoms with Crippen LogP contribution in [0.2, 0.25) is 0 Å². The van der Waals surface area contributed by atoms with E-state index in [1.54, 1.807) is 11.3 Å². The third-order valence-corrected chi connectivity index (χ3v) is 4.15. The molecule has 3 rings (SSSR count). The first-order valence-corrected chi connectivity index (χ1v) is 8.35. The molecule has 112 valence electrons. The van der Waals surface area contributed by atoms with Gasteiger partial charge in [0.15, 0.2) is 0 Å². The van der Waals surface area contributed by atoms with Crippen LogP contribution in [0.1, 0.15) is 12.3 Å². The molecule has 7 heteroatoms. The van der Waals surface area contributed by atoms with Gasteiger partial charge in [0.2, 0.25) is 17.6 Å². The van der Waals surface area contributed by atoms with Crippen molar-refractivity contribution >= 4 is 38.9 Å². The van der Waals surface area contributed by atoms with Crippen molar-refractivity contribution in [3.8, 4) is 11.4 Å². The lowest BCUT2D eigenvalue weighted by Gasteiger charge is -2.03. The van der Waals surface area contributed by atoms with Gasteiger partial charge in [-0.15, -0.1) is 0 Å². The second-order valence-corrected chi connectivity index (χ2v) is 6.27. The third-order valence-electron chi connectivity index (χ3n) is 2.94. The third kappa shape index (κ3) is 3.80. The normalized spacial score (nSPS) is 10.6. The molecule has 2 heterocycles. The van der Waals surface area contributed by atoms with Crippen molar-refractivity contribution in [3.05, 3.63) is 51.5 Å². The van der Waals surface area contributed by atoms with Crippen LogP contribution in [-0.2, 0) is 11.2 Å². The number of rotatable bonds is 5. The van der Waals surface area contributed by atoms with E-state index in [1.807, 2.05) is 41.1 Å². The van der Waals surface area contributed by atoms with E-state index in [9.17, 15) is 4.79 Å². The topological polar surface area (TPSA) is 68.0 Å². The van der Waals surface area contributed by atoms with E-state index in [0.29, 0.717) is 24.6 Å². The molecular weight excluding hydrogens is 366 g/mol. The lowest BCUT2D eigenvalue weighted by atomic mass is 10.2. The first-order valence-electron chi connectivity index (χ1n) is 6.61. The summed E-state index contributed by atoms with van der Waals surface area (Å²) in [5.41, 5.74) is 1.69. The van der Waals surface area contributed by atoms with Crippen LogP contribution in [0, 0.1) is 0 Å². The van der Waals surface area contributed by atoms with Gasteiger partial charge in [0.1, 0.15) is 0 Å². The van der Waals surface area contributed by atoms with Crippen LogP contribution in [0.4, 0.5) is 5.69 Å². The van der Waals surface area contributed by atoms with E-state index in [1.165, 1.54) is 0 Å². The molecule has 2 aromatic heterocycles. The molecule has 1 N–H and O–H groups in total. The minimum absolute atomic E-state index is 0.0856.